The molecule has 0 aromatic heterocycles. The molecule has 2 aliphatic rings. The third-order valence-corrected chi connectivity index (χ3v) is 6.73. The predicted molar refractivity (Wildman–Crippen MR) is 107 cm³/mol. The van der Waals surface area contributed by atoms with Crippen LogP contribution in [0.5, 0.6) is 0 Å². The van der Waals surface area contributed by atoms with Gasteiger partial charge in [-0.3, -0.25) is 4.99 Å². The van der Waals surface area contributed by atoms with E-state index in [4.69, 9.17) is 0 Å². The van der Waals surface area contributed by atoms with Gasteiger partial charge in [0.2, 0.25) is 0 Å². The van der Waals surface area contributed by atoms with E-state index in [1.54, 1.807) is 0 Å². The Morgan fingerprint density at radius 3 is 2.56 bits per heavy atom. The van der Waals surface area contributed by atoms with Gasteiger partial charge < -0.3 is 15.7 Å². The smallest absolute Gasteiger partial charge is 0.191 e. The van der Waals surface area contributed by atoms with Gasteiger partial charge in [0, 0.05) is 24.3 Å². The zero-order chi connectivity index (χ0) is 17.6. The number of thioether (sulfide) groups is 1. The van der Waals surface area contributed by atoms with Gasteiger partial charge in [-0.25, -0.2) is 0 Å². The Hall–Kier alpha value is -1.20. The molecule has 1 atom stereocenters. The second kappa shape index (κ2) is 8.45. The topological polar surface area (TPSA) is 56.7 Å². The normalized spacial score (nSPS) is 25.9. The zero-order valence-corrected chi connectivity index (χ0v) is 16.1. The van der Waals surface area contributed by atoms with Crippen LogP contribution in [0.15, 0.2) is 35.3 Å². The van der Waals surface area contributed by atoms with Gasteiger partial charge in [-0.15, -0.1) is 0 Å². The summed E-state index contributed by atoms with van der Waals surface area (Å²) >= 11 is 1.82. The summed E-state index contributed by atoms with van der Waals surface area (Å²) in [5.74, 6) is 2.66. The van der Waals surface area contributed by atoms with Crippen LogP contribution in [0, 0.1) is 0 Å². The maximum absolute atomic E-state index is 10.5. The quantitative estimate of drug-likeness (QED) is 0.539. The summed E-state index contributed by atoms with van der Waals surface area (Å²) in [5, 5.41) is 17.4. The van der Waals surface area contributed by atoms with Crippen molar-refractivity contribution in [3.8, 4) is 0 Å². The van der Waals surface area contributed by atoms with Crippen LogP contribution in [0.4, 0.5) is 0 Å². The Balaban J connectivity index is 1.67. The lowest BCUT2D eigenvalue weighted by Crippen LogP contribution is -2.45. The van der Waals surface area contributed by atoms with E-state index < -0.39 is 5.60 Å². The van der Waals surface area contributed by atoms with Crippen molar-refractivity contribution in [2.24, 2.45) is 4.99 Å². The minimum absolute atomic E-state index is 0.206. The fourth-order valence-corrected chi connectivity index (χ4v) is 5.24. The first kappa shape index (κ1) is 18.6. The summed E-state index contributed by atoms with van der Waals surface area (Å²) in [4.78, 5) is 4.68. The highest BCUT2D eigenvalue weighted by molar-refractivity contribution is 7.99. The summed E-state index contributed by atoms with van der Waals surface area (Å²) in [6.07, 6.45) is 5.88. The second-order valence-electron chi connectivity index (χ2n) is 7.43. The number of guanidine groups is 1. The van der Waals surface area contributed by atoms with Crippen molar-refractivity contribution in [1.29, 1.82) is 0 Å². The van der Waals surface area contributed by atoms with Gasteiger partial charge in [0.25, 0.3) is 0 Å². The van der Waals surface area contributed by atoms with Crippen LogP contribution in [-0.2, 0) is 5.41 Å². The average molecular weight is 362 g/mol. The minimum atomic E-state index is -0.627. The van der Waals surface area contributed by atoms with Gasteiger partial charge in [0.15, 0.2) is 5.96 Å². The Morgan fingerprint density at radius 1 is 1.16 bits per heavy atom. The van der Waals surface area contributed by atoms with Gasteiger partial charge in [-0.05, 0) is 37.5 Å². The largest absolute Gasteiger partial charge is 0.387 e. The number of rotatable bonds is 6. The summed E-state index contributed by atoms with van der Waals surface area (Å²) < 4.78 is 0. The molecule has 3 rings (SSSR count). The molecule has 4 nitrogen and oxygen atoms in total. The van der Waals surface area contributed by atoms with Crippen molar-refractivity contribution in [2.45, 2.75) is 50.0 Å². The Bertz CT molecular complexity index is 564. The standard InChI is InChI=1S/C20H31N3OS/c1-2-21-18(23-15-20(24)12-13-25-16-20)22-14-19(10-6-7-11-19)17-8-4-3-5-9-17/h3-5,8-9,24H,2,6-7,10-16H2,1H3,(H2,21,22,23). The third kappa shape index (κ3) is 4.70. The summed E-state index contributed by atoms with van der Waals surface area (Å²) in [6, 6.07) is 10.9. The molecule has 1 saturated carbocycles. The highest BCUT2D eigenvalue weighted by atomic mass is 32.2. The van der Waals surface area contributed by atoms with Gasteiger partial charge in [0.05, 0.1) is 12.1 Å². The van der Waals surface area contributed by atoms with Gasteiger partial charge in [-0.2, -0.15) is 11.8 Å². The van der Waals surface area contributed by atoms with E-state index in [0.29, 0.717) is 6.54 Å². The van der Waals surface area contributed by atoms with Crippen LogP contribution >= 0.6 is 11.8 Å². The monoisotopic (exact) mass is 361 g/mol. The molecule has 138 valence electrons. The van der Waals surface area contributed by atoms with E-state index >= 15 is 0 Å². The van der Waals surface area contributed by atoms with Gasteiger partial charge >= 0.3 is 0 Å². The number of nitrogens with zero attached hydrogens (tertiary/aromatic N) is 1. The number of aliphatic hydroxyl groups is 1. The van der Waals surface area contributed by atoms with Gasteiger partial charge in [-0.1, -0.05) is 43.2 Å². The number of hydrogen-bond donors (Lipinski definition) is 3. The zero-order valence-electron chi connectivity index (χ0n) is 15.3. The van der Waals surface area contributed by atoms with E-state index in [1.807, 2.05) is 11.8 Å². The van der Waals surface area contributed by atoms with Crippen LogP contribution in [0.3, 0.4) is 0 Å². The molecule has 1 heterocycles. The lowest BCUT2D eigenvalue weighted by molar-refractivity contribution is 0.0778. The number of nitrogens with one attached hydrogen (secondary N) is 2. The highest BCUT2D eigenvalue weighted by Gasteiger charge is 2.36. The van der Waals surface area contributed by atoms with Crippen molar-refractivity contribution in [3.63, 3.8) is 0 Å². The maximum Gasteiger partial charge on any atom is 0.191 e. The molecule has 0 radical (unpaired) electrons. The molecule has 3 N–H and O–H groups in total. The van der Waals surface area contributed by atoms with Crippen molar-refractivity contribution in [3.05, 3.63) is 35.9 Å². The van der Waals surface area contributed by atoms with E-state index in [0.717, 1.165) is 37.0 Å². The molecular formula is C20H31N3OS. The Morgan fingerprint density at radius 2 is 1.92 bits per heavy atom. The molecule has 0 spiro atoms. The van der Waals surface area contributed by atoms with Crippen LogP contribution < -0.4 is 10.6 Å². The molecule has 1 unspecified atom stereocenters. The first-order valence-electron chi connectivity index (χ1n) is 9.54. The number of benzene rings is 1. The average Bonchev–Trinajstić information content (AvgIpc) is 3.29. The number of hydrogen-bond acceptors (Lipinski definition) is 3. The van der Waals surface area contributed by atoms with Crippen molar-refractivity contribution in [1.82, 2.24) is 10.6 Å². The fraction of sp³-hybridized carbons (Fsp3) is 0.650. The molecule has 1 saturated heterocycles. The van der Waals surface area contributed by atoms with Crippen molar-refractivity contribution < 1.29 is 5.11 Å². The maximum atomic E-state index is 10.5. The summed E-state index contributed by atoms with van der Waals surface area (Å²) in [7, 11) is 0. The van der Waals surface area contributed by atoms with E-state index in [9.17, 15) is 5.11 Å². The molecule has 0 amide bonds. The third-order valence-electron chi connectivity index (χ3n) is 5.50. The number of aliphatic imine (C=N–C) groups is 1. The summed E-state index contributed by atoms with van der Waals surface area (Å²) in [6.45, 7) is 4.29. The fourth-order valence-electron chi connectivity index (χ4n) is 3.95. The summed E-state index contributed by atoms with van der Waals surface area (Å²) in [5.41, 5.74) is 1.01. The second-order valence-corrected chi connectivity index (χ2v) is 8.53. The molecule has 0 bridgehead atoms. The van der Waals surface area contributed by atoms with Crippen LogP contribution in [0.2, 0.25) is 0 Å². The lowest BCUT2D eigenvalue weighted by atomic mass is 9.79. The minimum Gasteiger partial charge on any atom is -0.387 e. The Kier molecular flexibility index (Phi) is 6.29. The van der Waals surface area contributed by atoms with E-state index in [-0.39, 0.29) is 5.41 Å². The van der Waals surface area contributed by atoms with Gasteiger partial charge in [0.1, 0.15) is 0 Å². The van der Waals surface area contributed by atoms with Crippen LogP contribution in [0.25, 0.3) is 0 Å². The van der Waals surface area contributed by atoms with E-state index in [2.05, 4.69) is 52.9 Å². The van der Waals surface area contributed by atoms with E-state index in [1.165, 1.54) is 31.2 Å². The Labute approximate surface area is 155 Å². The first-order valence-corrected chi connectivity index (χ1v) is 10.7. The molecule has 1 aliphatic heterocycles. The highest BCUT2D eigenvalue weighted by Crippen LogP contribution is 2.40. The molecular weight excluding hydrogens is 330 g/mol. The molecule has 1 aliphatic carbocycles. The SMILES string of the molecule is CCNC(=NCC1(O)CCSC1)NCC1(c2ccccc2)CCCC1. The van der Waals surface area contributed by atoms with Crippen molar-refractivity contribution in [2.75, 3.05) is 31.1 Å². The molecule has 1 aromatic carbocycles. The van der Waals surface area contributed by atoms with Crippen LogP contribution in [0.1, 0.15) is 44.6 Å². The predicted octanol–water partition coefficient (Wildman–Crippen LogP) is 2.92. The van der Waals surface area contributed by atoms with Crippen molar-refractivity contribution >= 4 is 17.7 Å². The molecule has 5 heteroatoms. The van der Waals surface area contributed by atoms with Crippen LogP contribution in [-0.4, -0.2) is 47.8 Å². The molecule has 1 aromatic rings. The first-order chi connectivity index (χ1) is 12.2. The lowest BCUT2D eigenvalue weighted by Gasteiger charge is -2.31. The molecule has 2 fully saturated rings. The molecule has 25 heavy (non-hydrogen) atoms.